The molecule has 0 heterocycles. The monoisotopic (exact) mass is 289 g/mol. The largest absolute Gasteiger partial charge is 0.488 e. The van der Waals surface area contributed by atoms with Crippen molar-refractivity contribution in [3.63, 3.8) is 0 Å². The lowest BCUT2D eigenvalue weighted by Crippen LogP contribution is -2.30. The van der Waals surface area contributed by atoms with Crippen LogP contribution in [0.3, 0.4) is 0 Å². The smallest absolute Gasteiger partial charge is 0.423 e. The fourth-order valence-corrected chi connectivity index (χ4v) is 2.02. The molecule has 0 aromatic heterocycles. The van der Waals surface area contributed by atoms with Gasteiger partial charge in [0, 0.05) is 6.54 Å². The minimum absolute atomic E-state index is 0.182. The first-order chi connectivity index (χ1) is 9.58. The van der Waals surface area contributed by atoms with Crippen molar-refractivity contribution in [1.29, 1.82) is 0 Å². The van der Waals surface area contributed by atoms with Gasteiger partial charge in [-0.2, -0.15) is 0 Å². The van der Waals surface area contributed by atoms with Crippen LogP contribution in [0, 0.1) is 0 Å². The minimum atomic E-state index is -1.60. The third kappa shape index (κ3) is 3.60. The van der Waals surface area contributed by atoms with Crippen LogP contribution in [-0.4, -0.2) is 23.1 Å². The predicted molar refractivity (Wildman–Crippen MR) is 78.9 cm³/mol. The van der Waals surface area contributed by atoms with Crippen LogP contribution < -0.4 is 10.8 Å². The van der Waals surface area contributed by atoms with Gasteiger partial charge in [-0.25, -0.2) is 0 Å². The number of hydrogen-bond acceptors (Lipinski definition) is 3. The van der Waals surface area contributed by atoms with E-state index in [4.69, 9.17) is 21.6 Å². The van der Waals surface area contributed by atoms with E-state index in [1.165, 1.54) is 18.2 Å². The molecule has 2 aromatic rings. The molecular formula is C14H13BClNO3. The standard InChI is InChI=1S/C14H13BClNO3/c16-13-8-11(15(19)20)6-7-12(13)14(18)17-9-10-4-2-1-3-5-10/h1-8,19-20H,9H2,(H,17,18). The van der Waals surface area contributed by atoms with Crippen LogP contribution in [0.2, 0.25) is 5.02 Å². The molecule has 0 radical (unpaired) electrons. The highest BCUT2D eigenvalue weighted by Crippen LogP contribution is 2.14. The zero-order valence-corrected chi connectivity index (χ0v) is 11.3. The number of halogens is 1. The highest BCUT2D eigenvalue weighted by molar-refractivity contribution is 6.59. The van der Waals surface area contributed by atoms with E-state index in [0.29, 0.717) is 12.1 Å². The summed E-state index contributed by atoms with van der Waals surface area (Å²) in [5.74, 6) is -0.308. The van der Waals surface area contributed by atoms with Crippen molar-refractivity contribution in [2.75, 3.05) is 0 Å². The molecule has 102 valence electrons. The molecule has 3 N–H and O–H groups in total. The first kappa shape index (κ1) is 14.6. The van der Waals surface area contributed by atoms with E-state index in [1.807, 2.05) is 30.3 Å². The lowest BCUT2D eigenvalue weighted by molar-refractivity contribution is 0.0951. The van der Waals surface area contributed by atoms with Gasteiger partial charge in [-0.3, -0.25) is 4.79 Å². The van der Waals surface area contributed by atoms with Crippen molar-refractivity contribution < 1.29 is 14.8 Å². The number of nitrogens with one attached hydrogen (secondary N) is 1. The molecular weight excluding hydrogens is 276 g/mol. The van der Waals surface area contributed by atoms with Crippen LogP contribution in [-0.2, 0) is 6.54 Å². The first-order valence-electron chi connectivity index (χ1n) is 6.05. The van der Waals surface area contributed by atoms with Crippen molar-refractivity contribution in [2.24, 2.45) is 0 Å². The Morgan fingerprint density at radius 1 is 1.15 bits per heavy atom. The van der Waals surface area contributed by atoms with Gasteiger partial charge in [0.2, 0.25) is 0 Å². The highest BCUT2D eigenvalue weighted by Gasteiger charge is 2.15. The summed E-state index contributed by atoms with van der Waals surface area (Å²) in [5, 5.41) is 21.0. The SMILES string of the molecule is O=C(NCc1ccccc1)c1ccc(B(O)O)cc1Cl. The lowest BCUT2D eigenvalue weighted by atomic mass is 9.80. The summed E-state index contributed by atoms with van der Waals surface area (Å²) < 4.78 is 0. The molecule has 2 aromatic carbocycles. The zero-order chi connectivity index (χ0) is 14.5. The van der Waals surface area contributed by atoms with E-state index in [-0.39, 0.29) is 16.4 Å². The Balaban J connectivity index is 2.06. The number of benzene rings is 2. The summed E-state index contributed by atoms with van der Waals surface area (Å²) in [5.41, 5.74) is 1.53. The van der Waals surface area contributed by atoms with E-state index in [0.717, 1.165) is 5.56 Å². The van der Waals surface area contributed by atoms with Crippen molar-refractivity contribution in [3.05, 3.63) is 64.7 Å². The molecule has 1 amide bonds. The molecule has 0 fully saturated rings. The maximum Gasteiger partial charge on any atom is 0.488 e. The Bertz CT molecular complexity index is 605. The van der Waals surface area contributed by atoms with E-state index < -0.39 is 7.12 Å². The number of carbonyl (C=O) groups is 1. The minimum Gasteiger partial charge on any atom is -0.423 e. The number of amides is 1. The zero-order valence-electron chi connectivity index (χ0n) is 10.6. The molecule has 2 rings (SSSR count). The Kier molecular flexibility index (Phi) is 4.79. The van der Waals surface area contributed by atoms with Gasteiger partial charge in [0.15, 0.2) is 0 Å². The van der Waals surface area contributed by atoms with Gasteiger partial charge in [0.1, 0.15) is 0 Å². The Labute approximate surface area is 122 Å². The van der Waals surface area contributed by atoms with Crippen molar-refractivity contribution >= 4 is 30.1 Å². The maximum absolute atomic E-state index is 12.0. The summed E-state index contributed by atoms with van der Waals surface area (Å²) in [7, 11) is -1.60. The molecule has 4 nitrogen and oxygen atoms in total. The second-order valence-electron chi connectivity index (χ2n) is 4.28. The quantitative estimate of drug-likeness (QED) is 0.734. The Morgan fingerprint density at radius 3 is 2.45 bits per heavy atom. The van der Waals surface area contributed by atoms with Crippen LogP contribution in [0.1, 0.15) is 15.9 Å². The van der Waals surface area contributed by atoms with Crippen LogP contribution in [0.5, 0.6) is 0 Å². The van der Waals surface area contributed by atoms with Gasteiger partial charge in [0.05, 0.1) is 10.6 Å². The maximum atomic E-state index is 12.0. The molecule has 0 atom stereocenters. The lowest BCUT2D eigenvalue weighted by Gasteiger charge is -2.08. The first-order valence-corrected chi connectivity index (χ1v) is 6.43. The Morgan fingerprint density at radius 2 is 1.85 bits per heavy atom. The summed E-state index contributed by atoms with van der Waals surface area (Å²) >= 11 is 5.97. The summed E-state index contributed by atoms with van der Waals surface area (Å²) in [6.07, 6.45) is 0. The molecule has 0 spiro atoms. The topological polar surface area (TPSA) is 69.6 Å². The fraction of sp³-hybridized carbons (Fsp3) is 0.0714. The average molecular weight is 290 g/mol. The van der Waals surface area contributed by atoms with Crippen molar-refractivity contribution in [3.8, 4) is 0 Å². The van der Waals surface area contributed by atoms with Crippen LogP contribution >= 0.6 is 11.6 Å². The summed E-state index contributed by atoms with van der Waals surface area (Å²) in [4.78, 5) is 12.0. The number of carbonyl (C=O) groups excluding carboxylic acids is 1. The van der Waals surface area contributed by atoms with Crippen LogP contribution in [0.4, 0.5) is 0 Å². The van der Waals surface area contributed by atoms with E-state index in [9.17, 15) is 4.79 Å². The molecule has 0 saturated heterocycles. The fourth-order valence-electron chi connectivity index (χ4n) is 1.75. The summed E-state index contributed by atoms with van der Waals surface area (Å²) in [6.45, 7) is 0.403. The third-order valence-corrected chi connectivity index (χ3v) is 3.14. The molecule has 0 unspecified atom stereocenters. The Hall–Kier alpha value is -1.82. The second-order valence-corrected chi connectivity index (χ2v) is 4.69. The summed E-state index contributed by atoms with van der Waals surface area (Å²) in [6, 6.07) is 13.8. The van der Waals surface area contributed by atoms with Gasteiger partial charge in [-0.15, -0.1) is 0 Å². The average Bonchev–Trinajstić information content (AvgIpc) is 2.45. The van der Waals surface area contributed by atoms with E-state index in [2.05, 4.69) is 5.32 Å². The van der Waals surface area contributed by atoms with Gasteiger partial charge >= 0.3 is 7.12 Å². The molecule has 0 aliphatic rings. The van der Waals surface area contributed by atoms with E-state index >= 15 is 0 Å². The van der Waals surface area contributed by atoms with Gasteiger partial charge in [-0.05, 0) is 23.2 Å². The predicted octanol–water partition coefficient (Wildman–Crippen LogP) is 0.950. The molecule has 6 heteroatoms. The molecule has 20 heavy (non-hydrogen) atoms. The molecule has 0 aliphatic heterocycles. The van der Waals surface area contributed by atoms with Crippen molar-refractivity contribution in [2.45, 2.75) is 6.54 Å². The highest BCUT2D eigenvalue weighted by atomic mass is 35.5. The third-order valence-electron chi connectivity index (χ3n) is 2.83. The number of hydrogen-bond donors (Lipinski definition) is 3. The second kappa shape index (κ2) is 6.57. The van der Waals surface area contributed by atoms with Crippen LogP contribution in [0.15, 0.2) is 48.5 Å². The van der Waals surface area contributed by atoms with E-state index in [1.54, 1.807) is 0 Å². The number of rotatable bonds is 4. The van der Waals surface area contributed by atoms with Gasteiger partial charge in [-0.1, -0.05) is 48.0 Å². The van der Waals surface area contributed by atoms with Gasteiger partial charge < -0.3 is 15.4 Å². The molecule has 0 saturated carbocycles. The normalized spacial score (nSPS) is 10.2. The molecule has 0 aliphatic carbocycles. The van der Waals surface area contributed by atoms with Crippen molar-refractivity contribution in [1.82, 2.24) is 5.32 Å². The van der Waals surface area contributed by atoms with Gasteiger partial charge in [0.25, 0.3) is 5.91 Å². The van der Waals surface area contributed by atoms with Crippen LogP contribution in [0.25, 0.3) is 0 Å². The molecule has 0 bridgehead atoms.